The highest BCUT2D eigenvalue weighted by atomic mass is 79.9. The predicted molar refractivity (Wildman–Crippen MR) is 98.2 cm³/mol. The summed E-state index contributed by atoms with van der Waals surface area (Å²) in [6.07, 6.45) is 7.71. The third-order valence-electron chi connectivity index (χ3n) is 4.16. The average molecular weight is 363 g/mol. The van der Waals surface area contributed by atoms with Gasteiger partial charge >= 0.3 is 0 Å². The minimum atomic E-state index is 0.284. The first-order valence-corrected chi connectivity index (χ1v) is 8.46. The van der Waals surface area contributed by atoms with Crippen LogP contribution < -0.4 is 0 Å². The Kier molecular flexibility index (Phi) is 3.80. The predicted octanol–water partition coefficient (Wildman–Crippen LogP) is 5.52. The summed E-state index contributed by atoms with van der Waals surface area (Å²) >= 11 is 3.44. The molecule has 4 rings (SSSR count). The lowest BCUT2D eigenvalue weighted by atomic mass is 9.89. The molecule has 0 amide bonds. The second-order valence-electron chi connectivity index (χ2n) is 5.62. The number of para-hydroxylation sites is 1. The quantitative estimate of drug-likeness (QED) is 0.561. The Morgan fingerprint density at radius 3 is 2.48 bits per heavy atom. The lowest BCUT2D eigenvalue weighted by Gasteiger charge is -2.18. The van der Waals surface area contributed by atoms with Crippen molar-refractivity contribution in [1.82, 2.24) is 9.97 Å². The van der Waals surface area contributed by atoms with Crippen molar-refractivity contribution in [3.63, 3.8) is 0 Å². The van der Waals surface area contributed by atoms with E-state index in [4.69, 9.17) is 0 Å². The highest BCUT2D eigenvalue weighted by Gasteiger charge is 2.17. The number of nitrogens with zero attached hydrogens (tertiary/aromatic N) is 2. The van der Waals surface area contributed by atoms with Crippen molar-refractivity contribution in [1.29, 1.82) is 0 Å². The molecule has 0 saturated heterocycles. The van der Waals surface area contributed by atoms with Crippen LogP contribution in [-0.2, 0) is 0 Å². The number of aromatic nitrogens is 2. The minimum absolute atomic E-state index is 0.284. The van der Waals surface area contributed by atoms with E-state index in [2.05, 4.69) is 74.5 Å². The highest BCUT2D eigenvalue weighted by Crippen LogP contribution is 2.33. The van der Waals surface area contributed by atoms with Gasteiger partial charge in [-0.1, -0.05) is 66.8 Å². The number of rotatable bonds is 2. The van der Waals surface area contributed by atoms with Crippen LogP contribution in [0.25, 0.3) is 16.5 Å². The molecule has 2 nitrogen and oxygen atoms in total. The van der Waals surface area contributed by atoms with Gasteiger partial charge in [-0.15, -0.1) is 0 Å². The third kappa shape index (κ3) is 2.84. The molecule has 3 aromatic rings. The van der Waals surface area contributed by atoms with Gasteiger partial charge in [-0.25, -0.2) is 9.97 Å². The molecule has 1 aromatic heterocycles. The van der Waals surface area contributed by atoms with E-state index in [1.165, 1.54) is 11.1 Å². The fourth-order valence-electron chi connectivity index (χ4n) is 3.02. The molecule has 0 saturated carbocycles. The van der Waals surface area contributed by atoms with Crippen molar-refractivity contribution in [3.05, 3.63) is 88.8 Å². The summed E-state index contributed by atoms with van der Waals surface area (Å²) < 4.78 is 0.650. The maximum absolute atomic E-state index is 4.65. The SMILES string of the molecule is Brc1nc(C2C=CC(c3ccccc3)=CC2)c2ccccc2n1. The van der Waals surface area contributed by atoms with Crippen LogP contribution in [0.1, 0.15) is 23.6 Å². The topological polar surface area (TPSA) is 25.8 Å². The fraction of sp³-hybridized carbons (Fsp3) is 0.100. The molecule has 0 aliphatic heterocycles. The van der Waals surface area contributed by atoms with Crippen molar-refractivity contribution in [2.45, 2.75) is 12.3 Å². The second kappa shape index (κ2) is 6.09. The summed E-state index contributed by atoms with van der Waals surface area (Å²) in [6.45, 7) is 0. The van der Waals surface area contributed by atoms with Crippen molar-refractivity contribution in [2.24, 2.45) is 0 Å². The summed E-state index contributed by atoms with van der Waals surface area (Å²) in [5.41, 5.74) is 4.60. The molecule has 1 aliphatic carbocycles. The van der Waals surface area contributed by atoms with E-state index < -0.39 is 0 Å². The molecule has 0 N–H and O–H groups in total. The number of halogens is 1. The molecule has 1 unspecified atom stereocenters. The van der Waals surface area contributed by atoms with Gasteiger partial charge in [-0.2, -0.15) is 0 Å². The standard InChI is InChI=1S/C20H15BrN2/c21-20-22-18-9-5-4-8-17(18)19(23-20)16-12-10-15(11-13-16)14-6-2-1-3-7-14/h1-12,16H,13H2. The van der Waals surface area contributed by atoms with Gasteiger partial charge in [0.1, 0.15) is 0 Å². The Morgan fingerprint density at radius 1 is 0.913 bits per heavy atom. The van der Waals surface area contributed by atoms with Gasteiger partial charge < -0.3 is 0 Å². The number of hydrogen-bond acceptors (Lipinski definition) is 2. The molecule has 0 bridgehead atoms. The van der Waals surface area contributed by atoms with Gasteiger partial charge in [-0.3, -0.25) is 0 Å². The molecule has 112 valence electrons. The molecular formula is C20H15BrN2. The van der Waals surface area contributed by atoms with Crippen molar-refractivity contribution < 1.29 is 0 Å². The Hall–Kier alpha value is -2.26. The second-order valence-corrected chi connectivity index (χ2v) is 6.33. The van der Waals surface area contributed by atoms with E-state index in [0.717, 1.165) is 23.0 Å². The zero-order valence-corrected chi connectivity index (χ0v) is 14.1. The van der Waals surface area contributed by atoms with Crippen LogP contribution >= 0.6 is 15.9 Å². The number of hydrogen-bond donors (Lipinski definition) is 0. The molecule has 0 radical (unpaired) electrons. The smallest absolute Gasteiger partial charge is 0.197 e. The van der Waals surface area contributed by atoms with E-state index in [1.54, 1.807) is 0 Å². The lowest BCUT2D eigenvalue weighted by molar-refractivity contribution is 0.818. The van der Waals surface area contributed by atoms with Gasteiger partial charge in [0, 0.05) is 11.3 Å². The molecule has 1 heterocycles. The van der Waals surface area contributed by atoms with Crippen LogP contribution in [0.5, 0.6) is 0 Å². The van der Waals surface area contributed by atoms with E-state index in [1.807, 2.05) is 24.3 Å². The Balaban J connectivity index is 1.70. The molecule has 2 aromatic carbocycles. The van der Waals surface area contributed by atoms with Crippen molar-refractivity contribution in [2.75, 3.05) is 0 Å². The number of allylic oxidation sites excluding steroid dienone is 4. The van der Waals surface area contributed by atoms with E-state index in [0.29, 0.717) is 4.73 Å². The number of fused-ring (bicyclic) bond motifs is 1. The van der Waals surface area contributed by atoms with Gasteiger partial charge in [-0.05, 0) is 39.6 Å². The van der Waals surface area contributed by atoms with Crippen LogP contribution in [0.2, 0.25) is 0 Å². The van der Waals surface area contributed by atoms with Gasteiger partial charge in [0.05, 0.1) is 11.2 Å². The third-order valence-corrected chi connectivity index (χ3v) is 4.52. The maximum atomic E-state index is 4.65. The van der Waals surface area contributed by atoms with Gasteiger partial charge in [0.2, 0.25) is 0 Å². The zero-order chi connectivity index (χ0) is 15.6. The van der Waals surface area contributed by atoms with Crippen molar-refractivity contribution in [3.8, 4) is 0 Å². The number of benzene rings is 2. The molecule has 23 heavy (non-hydrogen) atoms. The molecule has 1 atom stereocenters. The lowest BCUT2D eigenvalue weighted by Crippen LogP contribution is -2.04. The molecular weight excluding hydrogens is 348 g/mol. The van der Waals surface area contributed by atoms with Gasteiger partial charge in [0.15, 0.2) is 4.73 Å². The Morgan fingerprint density at radius 2 is 1.70 bits per heavy atom. The first-order chi connectivity index (χ1) is 11.3. The Labute approximate surface area is 143 Å². The van der Waals surface area contributed by atoms with E-state index in [-0.39, 0.29) is 5.92 Å². The first kappa shape index (κ1) is 14.3. The monoisotopic (exact) mass is 362 g/mol. The van der Waals surface area contributed by atoms with Crippen LogP contribution in [0.4, 0.5) is 0 Å². The van der Waals surface area contributed by atoms with Crippen LogP contribution in [0.15, 0.2) is 77.6 Å². The first-order valence-electron chi connectivity index (χ1n) is 7.67. The summed E-state index contributed by atoms with van der Waals surface area (Å²) in [7, 11) is 0. The molecule has 1 aliphatic rings. The van der Waals surface area contributed by atoms with Crippen LogP contribution in [-0.4, -0.2) is 9.97 Å². The molecule has 0 fully saturated rings. The minimum Gasteiger partial charge on any atom is -0.226 e. The average Bonchev–Trinajstić information content (AvgIpc) is 2.62. The normalized spacial score (nSPS) is 17.3. The summed E-state index contributed by atoms with van der Waals surface area (Å²) in [4.78, 5) is 9.11. The summed E-state index contributed by atoms with van der Waals surface area (Å²) in [5.74, 6) is 0.284. The largest absolute Gasteiger partial charge is 0.226 e. The summed E-state index contributed by atoms with van der Waals surface area (Å²) in [5, 5.41) is 1.13. The molecule has 0 spiro atoms. The summed E-state index contributed by atoms with van der Waals surface area (Å²) in [6, 6.07) is 18.7. The van der Waals surface area contributed by atoms with E-state index >= 15 is 0 Å². The maximum Gasteiger partial charge on any atom is 0.197 e. The van der Waals surface area contributed by atoms with Crippen molar-refractivity contribution >= 4 is 32.4 Å². The highest BCUT2D eigenvalue weighted by molar-refractivity contribution is 9.10. The Bertz CT molecular complexity index is 913. The van der Waals surface area contributed by atoms with Crippen LogP contribution in [0, 0.1) is 0 Å². The van der Waals surface area contributed by atoms with E-state index in [9.17, 15) is 0 Å². The van der Waals surface area contributed by atoms with Crippen LogP contribution in [0.3, 0.4) is 0 Å². The van der Waals surface area contributed by atoms with Gasteiger partial charge in [0.25, 0.3) is 0 Å². The fourth-order valence-corrected chi connectivity index (χ4v) is 3.40. The molecule has 3 heteroatoms. The zero-order valence-electron chi connectivity index (χ0n) is 12.5.